The van der Waals surface area contributed by atoms with E-state index in [2.05, 4.69) is 0 Å². The van der Waals surface area contributed by atoms with E-state index < -0.39 is 11.5 Å². The number of alkyl halides is 3. The normalized spacial score (nSPS) is 16.2. The highest BCUT2D eigenvalue weighted by molar-refractivity contribution is 8.00. The third kappa shape index (κ3) is 4.40. The van der Waals surface area contributed by atoms with Crippen LogP contribution in [0.25, 0.3) is 0 Å². The first-order valence-corrected chi connectivity index (χ1v) is 7.81. The minimum absolute atomic E-state index is 0.0377. The van der Waals surface area contributed by atoms with Crippen LogP contribution in [-0.2, 0) is 4.79 Å². The average molecular weight is 318 g/mol. The van der Waals surface area contributed by atoms with Crippen LogP contribution in [0.15, 0.2) is 23.1 Å². The van der Waals surface area contributed by atoms with Gasteiger partial charge in [-0.3, -0.25) is 4.79 Å². The Hall–Kier alpha value is -1.17. The van der Waals surface area contributed by atoms with Gasteiger partial charge in [-0.2, -0.15) is 13.2 Å². The number of halogens is 3. The zero-order chi connectivity index (χ0) is 15.5. The van der Waals surface area contributed by atoms with E-state index in [1.165, 1.54) is 12.1 Å². The summed E-state index contributed by atoms with van der Waals surface area (Å²) in [5, 5.41) is 0. The van der Waals surface area contributed by atoms with E-state index >= 15 is 0 Å². The molecule has 0 spiro atoms. The number of ether oxygens (including phenoxy) is 1. The molecule has 2 rings (SSSR count). The number of hydrogen-bond acceptors (Lipinski definition) is 3. The van der Waals surface area contributed by atoms with Gasteiger partial charge in [0, 0.05) is 16.9 Å². The van der Waals surface area contributed by atoms with Crippen LogP contribution in [-0.4, -0.2) is 11.5 Å². The monoisotopic (exact) mass is 318 g/mol. The van der Waals surface area contributed by atoms with Crippen molar-refractivity contribution in [1.29, 1.82) is 0 Å². The standard InChI is InChI=1S/C15H17F3O2S/c1-2-13(19)20-11-8-5-9-12(21-15(16,17)18)14(11)10-6-3-4-7-10/h5,8-10H,2-4,6-7H2,1H3. The van der Waals surface area contributed by atoms with Crippen molar-refractivity contribution in [2.75, 3.05) is 0 Å². The summed E-state index contributed by atoms with van der Waals surface area (Å²) in [7, 11) is 0. The zero-order valence-electron chi connectivity index (χ0n) is 11.7. The highest BCUT2D eigenvalue weighted by Gasteiger charge is 2.33. The molecule has 1 aliphatic carbocycles. The van der Waals surface area contributed by atoms with Gasteiger partial charge in [-0.05, 0) is 42.7 Å². The van der Waals surface area contributed by atoms with E-state index in [9.17, 15) is 18.0 Å². The van der Waals surface area contributed by atoms with Gasteiger partial charge in [0.05, 0.1) is 0 Å². The lowest BCUT2D eigenvalue weighted by Gasteiger charge is -2.19. The molecule has 1 aromatic rings. The van der Waals surface area contributed by atoms with Crippen molar-refractivity contribution in [1.82, 2.24) is 0 Å². The molecule has 1 aliphatic rings. The number of carbonyl (C=O) groups excluding carboxylic acids is 1. The summed E-state index contributed by atoms with van der Waals surface area (Å²) >= 11 is -0.128. The van der Waals surface area contributed by atoms with E-state index in [1.807, 2.05) is 0 Å². The maximum Gasteiger partial charge on any atom is 0.446 e. The molecular weight excluding hydrogens is 301 g/mol. The summed E-state index contributed by atoms with van der Waals surface area (Å²) in [6.07, 6.45) is 3.87. The highest BCUT2D eigenvalue weighted by Crippen LogP contribution is 2.47. The molecule has 21 heavy (non-hydrogen) atoms. The molecule has 0 heterocycles. The lowest BCUT2D eigenvalue weighted by Crippen LogP contribution is -2.10. The first-order valence-electron chi connectivity index (χ1n) is 7.00. The molecule has 0 aliphatic heterocycles. The number of esters is 1. The molecule has 2 nitrogen and oxygen atoms in total. The van der Waals surface area contributed by atoms with E-state index in [4.69, 9.17) is 4.74 Å². The average Bonchev–Trinajstić information content (AvgIpc) is 2.90. The second kappa shape index (κ2) is 6.73. The number of thioether (sulfide) groups is 1. The van der Waals surface area contributed by atoms with Crippen LogP contribution >= 0.6 is 11.8 Å². The molecule has 6 heteroatoms. The Kier molecular flexibility index (Phi) is 5.19. The van der Waals surface area contributed by atoms with Crippen molar-refractivity contribution in [2.45, 2.75) is 55.3 Å². The Labute approximate surface area is 126 Å². The molecule has 116 valence electrons. The van der Waals surface area contributed by atoms with Crippen molar-refractivity contribution in [2.24, 2.45) is 0 Å². The van der Waals surface area contributed by atoms with Crippen LogP contribution < -0.4 is 4.74 Å². The quantitative estimate of drug-likeness (QED) is 0.430. The Balaban J connectivity index is 2.39. The number of carbonyl (C=O) groups is 1. The first-order chi connectivity index (χ1) is 9.90. The van der Waals surface area contributed by atoms with Crippen LogP contribution in [0.3, 0.4) is 0 Å². The van der Waals surface area contributed by atoms with Crippen LogP contribution in [0, 0.1) is 0 Å². The van der Waals surface area contributed by atoms with E-state index in [-0.39, 0.29) is 34.7 Å². The summed E-state index contributed by atoms with van der Waals surface area (Å²) in [6, 6.07) is 4.54. The van der Waals surface area contributed by atoms with Gasteiger partial charge in [0.15, 0.2) is 0 Å². The summed E-state index contributed by atoms with van der Waals surface area (Å²) in [6.45, 7) is 1.66. The van der Waals surface area contributed by atoms with Crippen molar-refractivity contribution in [3.05, 3.63) is 23.8 Å². The molecule has 1 saturated carbocycles. The van der Waals surface area contributed by atoms with Crippen LogP contribution in [0.4, 0.5) is 13.2 Å². The Bertz CT molecular complexity index is 508. The number of hydrogen-bond donors (Lipinski definition) is 0. The van der Waals surface area contributed by atoms with Gasteiger partial charge in [-0.1, -0.05) is 25.8 Å². The zero-order valence-corrected chi connectivity index (χ0v) is 12.5. The summed E-state index contributed by atoms with van der Waals surface area (Å²) < 4.78 is 43.4. The first kappa shape index (κ1) is 16.2. The molecule has 0 radical (unpaired) electrons. The topological polar surface area (TPSA) is 26.3 Å². The largest absolute Gasteiger partial charge is 0.446 e. The second-order valence-electron chi connectivity index (χ2n) is 5.02. The van der Waals surface area contributed by atoms with Crippen molar-refractivity contribution >= 4 is 17.7 Å². The molecule has 0 bridgehead atoms. The lowest BCUT2D eigenvalue weighted by molar-refractivity contribution is -0.134. The summed E-state index contributed by atoms with van der Waals surface area (Å²) in [5.41, 5.74) is -3.81. The fourth-order valence-electron chi connectivity index (χ4n) is 2.64. The third-order valence-corrected chi connectivity index (χ3v) is 4.34. The maximum absolute atomic E-state index is 12.7. The molecular formula is C15H17F3O2S. The van der Waals surface area contributed by atoms with Crippen molar-refractivity contribution < 1.29 is 22.7 Å². The van der Waals surface area contributed by atoms with Crippen molar-refractivity contribution in [3.63, 3.8) is 0 Å². The van der Waals surface area contributed by atoms with Gasteiger partial charge < -0.3 is 4.74 Å². The lowest BCUT2D eigenvalue weighted by atomic mass is 9.96. The highest BCUT2D eigenvalue weighted by atomic mass is 32.2. The van der Waals surface area contributed by atoms with E-state index in [0.717, 1.165) is 25.7 Å². The predicted molar refractivity (Wildman–Crippen MR) is 75.5 cm³/mol. The fourth-order valence-corrected chi connectivity index (χ4v) is 3.41. The maximum atomic E-state index is 12.7. The number of rotatable bonds is 4. The van der Waals surface area contributed by atoms with Gasteiger partial charge in [0.2, 0.25) is 0 Å². The van der Waals surface area contributed by atoms with E-state index in [0.29, 0.717) is 5.56 Å². The molecule has 1 fully saturated rings. The van der Waals surface area contributed by atoms with Crippen LogP contribution in [0.2, 0.25) is 0 Å². The van der Waals surface area contributed by atoms with Crippen LogP contribution in [0.1, 0.15) is 50.5 Å². The number of benzene rings is 1. The van der Waals surface area contributed by atoms with E-state index in [1.54, 1.807) is 13.0 Å². The SMILES string of the molecule is CCC(=O)Oc1cccc(SC(F)(F)F)c1C1CCCC1. The predicted octanol–water partition coefficient (Wildman–Crippen LogP) is 5.27. The minimum Gasteiger partial charge on any atom is -0.426 e. The molecule has 0 N–H and O–H groups in total. The molecule has 0 atom stereocenters. The van der Waals surface area contributed by atoms with Gasteiger partial charge in [-0.25, -0.2) is 0 Å². The van der Waals surface area contributed by atoms with Gasteiger partial charge in [-0.15, -0.1) is 0 Å². The van der Waals surface area contributed by atoms with Gasteiger partial charge >= 0.3 is 11.5 Å². The molecule has 0 aromatic heterocycles. The Morgan fingerprint density at radius 3 is 2.57 bits per heavy atom. The molecule has 0 saturated heterocycles. The van der Waals surface area contributed by atoms with Crippen molar-refractivity contribution in [3.8, 4) is 5.75 Å². The molecule has 1 aromatic carbocycles. The minimum atomic E-state index is -4.35. The molecule has 0 amide bonds. The smallest absolute Gasteiger partial charge is 0.426 e. The summed E-state index contributed by atoms with van der Waals surface area (Å²) in [5.74, 6) is -0.109. The summed E-state index contributed by atoms with van der Waals surface area (Å²) in [4.78, 5) is 11.6. The van der Waals surface area contributed by atoms with Crippen LogP contribution in [0.5, 0.6) is 5.75 Å². The Morgan fingerprint density at radius 2 is 2.00 bits per heavy atom. The van der Waals surface area contributed by atoms with Gasteiger partial charge in [0.1, 0.15) is 5.75 Å². The third-order valence-electron chi connectivity index (χ3n) is 3.53. The molecule has 0 unspecified atom stereocenters. The van der Waals surface area contributed by atoms with Gasteiger partial charge in [0.25, 0.3) is 0 Å². The Morgan fingerprint density at radius 1 is 1.33 bits per heavy atom. The fraction of sp³-hybridized carbons (Fsp3) is 0.533. The second-order valence-corrected chi connectivity index (χ2v) is 6.13.